The predicted molar refractivity (Wildman–Crippen MR) is 121 cm³/mol. The van der Waals surface area contributed by atoms with E-state index in [1.807, 2.05) is 43.0 Å². The number of carbonyl (C=O) groups is 2. The zero-order valence-electron chi connectivity index (χ0n) is 18.1. The molecule has 1 fully saturated rings. The molecule has 2 amide bonds. The van der Waals surface area contributed by atoms with Crippen LogP contribution in [0.3, 0.4) is 0 Å². The fraction of sp³-hybridized carbons (Fsp3) is 0.440. The summed E-state index contributed by atoms with van der Waals surface area (Å²) < 4.78 is 0. The molecule has 2 aliphatic heterocycles. The molecule has 2 aromatic carbocycles. The van der Waals surface area contributed by atoms with Crippen LogP contribution in [0.1, 0.15) is 36.5 Å². The number of anilines is 2. The molecule has 0 spiro atoms. The molecule has 1 saturated heterocycles. The summed E-state index contributed by atoms with van der Waals surface area (Å²) in [4.78, 5) is 29.9. The van der Waals surface area contributed by atoms with Crippen LogP contribution in [-0.4, -0.2) is 42.4 Å². The number of hydrogen-bond donors (Lipinski definition) is 1. The lowest BCUT2D eigenvalue weighted by molar-refractivity contribution is -0.124. The molecular weight excluding hydrogens is 374 g/mol. The van der Waals surface area contributed by atoms with Crippen molar-refractivity contribution in [3.63, 3.8) is 0 Å². The second-order valence-electron chi connectivity index (χ2n) is 8.81. The van der Waals surface area contributed by atoms with Crippen LogP contribution < -0.4 is 10.2 Å². The fourth-order valence-corrected chi connectivity index (χ4v) is 4.78. The van der Waals surface area contributed by atoms with Gasteiger partial charge in [0.25, 0.3) is 0 Å². The molecule has 2 aliphatic rings. The first-order chi connectivity index (χ1) is 14.4. The maximum absolute atomic E-state index is 13.2. The second kappa shape index (κ2) is 8.60. The van der Waals surface area contributed by atoms with Gasteiger partial charge in [-0.1, -0.05) is 35.9 Å². The third kappa shape index (κ3) is 4.26. The van der Waals surface area contributed by atoms with Crippen LogP contribution in [0.2, 0.25) is 0 Å². The number of para-hydroxylation sites is 1. The Labute approximate surface area is 179 Å². The lowest BCUT2D eigenvalue weighted by Crippen LogP contribution is -2.46. The van der Waals surface area contributed by atoms with Gasteiger partial charge in [-0.05, 0) is 76.4 Å². The van der Waals surface area contributed by atoms with E-state index in [4.69, 9.17) is 0 Å². The number of rotatable bonds is 4. The first-order valence-electron chi connectivity index (χ1n) is 10.9. The highest BCUT2D eigenvalue weighted by Crippen LogP contribution is 2.34. The summed E-state index contributed by atoms with van der Waals surface area (Å²) in [7, 11) is 0. The van der Waals surface area contributed by atoms with Crippen LogP contribution in [-0.2, 0) is 16.0 Å². The Balaban J connectivity index is 1.31. The van der Waals surface area contributed by atoms with E-state index in [9.17, 15) is 9.59 Å². The SMILES string of the molecule is Cc1ccc(NC(=O)CN2CCC(C(=O)N3c4ccccc4CC3C)CC2)c(C)c1. The van der Waals surface area contributed by atoms with Gasteiger partial charge in [-0.15, -0.1) is 0 Å². The third-order valence-electron chi connectivity index (χ3n) is 6.40. The van der Waals surface area contributed by atoms with E-state index in [0.29, 0.717) is 6.54 Å². The first-order valence-corrected chi connectivity index (χ1v) is 10.9. The number of carbonyl (C=O) groups excluding carboxylic acids is 2. The summed E-state index contributed by atoms with van der Waals surface area (Å²) in [6.07, 6.45) is 2.54. The average molecular weight is 406 g/mol. The molecule has 5 nitrogen and oxygen atoms in total. The molecule has 0 bridgehead atoms. The van der Waals surface area contributed by atoms with Gasteiger partial charge in [0.1, 0.15) is 0 Å². The Hall–Kier alpha value is -2.66. The van der Waals surface area contributed by atoms with E-state index in [0.717, 1.165) is 49.3 Å². The molecule has 0 radical (unpaired) electrons. The maximum atomic E-state index is 13.2. The number of fused-ring (bicyclic) bond motifs is 1. The zero-order valence-corrected chi connectivity index (χ0v) is 18.1. The van der Waals surface area contributed by atoms with Gasteiger partial charge in [-0.25, -0.2) is 0 Å². The van der Waals surface area contributed by atoms with Crippen LogP contribution in [0.25, 0.3) is 0 Å². The predicted octanol–water partition coefficient (Wildman–Crippen LogP) is 3.93. The summed E-state index contributed by atoms with van der Waals surface area (Å²) in [5.41, 5.74) is 5.47. The van der Waals surface area contributed by atoms with Gasteiger partial charge in [0.15, 0.2) is 0 Å². The maximum Gasteiger partial charge on any atom is 0.238 e. The zero-order chi connectivity index (χ0) is 21.3. The minimum atomic E-state index is 0.00817. The van der Waals surface area contributed by atoms with Crippen LogP contribution in [0.15, 0.2) is 42.5 Å². The van der Waals surface area contributed by atoms with Gasteiger partial charge in [-0.3, -0.25) is 14.5 Å². The molecule has 1 unspecified atom stereocenters. The molecule has 0 aromatic heterocycles. The highest BCUT2D eigenvalue weighted by Gasteiger charge is 2.36. The quantitative estimate of drug-likeness (QED) is 0.839. The van der Waals surface area contributed by atoms with E-state index in [1.54, 1.807) is 0 Å². The molecule has 2 aromatic rings. The fourth-order valence-electron chi connectivity index (χ4n) is 4.78. The molecule has 2 heterocycles. The lowest BCUT2D eigenvalue weighted by Gasteiger charge is -2.34. The van der Waals surface area contributed by atoms with E-state index in [-0.39, 0.29) is 23.8 Å². The summed E-state index contributed by atoms with van der Waals surface area (Å²) in [6.45, 7) is 8.12. The highest BCUT2D eigenvalue weighted by atomic mass is 16.2. The van der Waals surface area contributed by atoms with Gasteiger partial charge in [0, 0.05) is 23.3 Å². The van der Waals surface area contributed by atoms with Crippen molar-refractivity contribution < 1.29 is 9.59 Å². The largest absolute Gasteiger partial charge is 0.325 e. The average Bonchev–Trinajstić information content (AvgIpc) is 3.06. The number of nitrogens with one attached hydrogen (secondary N) is 1. The summed E-state index contributed by atoms with van der Waals surface area (Å²) in [5, 5.41) is 3.02. The Kier molecular flexibility index (Phi) is 5.91. The van der Waals surface area contributed by atoms with E-state index in [2.05, 4.69) is 35.3 Å². The van der Waals surface area contributed by atoms with Gasteiger partial charge in [-0.2, -0.15) is 0 Å². The molecule has 5 heteroatoms. The molecule has 0 aliphatic carbocycles. The normalized spacial score (nSPS) is 19.6. The standard InChI is InChI=1S/C25H31N3O2/c1-17-8-9-22(18(2)14-17)26-24(29)16-27-12-10-20(11-13-27)25(30)28-19(3)15-21-6-4-5-7-23(21)28/h4-9,14,19-20H,10-13,15-16H2,1-3H3,(H,26,29). The number of benzene rings is 2. The molecule has 0 saturated carbocycles. The van der Waals surface area contributed by atoms with Gasteiger partial charge < -0.3 is 10.2 Å². The molecule has 1 N–H and O–H groups in total. The number of piperidine rings is 1. The molecule has 158 valence electrons. The van der Waals surface area contributed by atoms with Crippen molar-refractivity contribution in [3.8, 4) is 0 Å². The number of nitrogens with zero attached hydrogens (tertiary/aromatic N) is 2. The second-order valence-corrected chi connectivity index (χ2v) is 8.81. The monoisotopic (exact) mass is 405 g/mol. The Morgan fingerprint density at radius 3 is 2.53 bits per heavy atom. The van der Waals surface area contributed by atoms with Crippen molar-refractivity contribution >= 4 is 23.2 Å². The van der Waals surface area contributed by atoms with Crippen LogP contribution in [0, 0.1) is 19.8 Å². The third-order valence-corrected chi connectivity index (χ3v) is 6.40. The van der Waals surface area contributed by atoms with Crippen molar-refractivity contribution in [2.24, 2.45) is 5.92 Å². The number of hydrogen-bond acceptors (Lipinski definition) is 3. The first kappa shape index (κ1) is 20.6. The number of likely N-dealkylation sites (tertiary alicyclic amines) is 1. The minimum absolute atomic E-state index is 0.00817. The molecular formula is C25H31N3O2. The van der Waals surface area contributed by atoms with Gasteiger partial charge in [0.05, 0.1) is 6.54 Å². The van der Waals surface area contributed by atoms with Crippen LogP contribution in [0.5, 0.6) is 0 Å². The molecule has 30 heavy (non-hydrogen) atoms. The van der Waals surface area contributed by atoms with Crippen LogP contribution in [0.4, 0.5) is 11.4 Å². The van der Waals surface area contributed by atoms with Crippen molar-refractivity contribution in [1.29, 1.82) is 0 Å². The van der Waals surface area contributed by atoms with E-state index >= 15 is 0 Å². The van der Waals surface area contributed by atoms with E-state index < -0.39 is 0 Å². The van der Waals surface area contributed by atoms with E-state index in [1.165, 1.54) is 11.1 Å². The summed E-state index contributed by atoms with van der Waals surface area (Å²) in [5.74, 6) is 0.290. The highest BCUT2D eigenvalue weighted by molar-refractivity contribution is 5.98. The van der Waals surface area contributed by atoms with Crippen LogP contribution >= 0.6 is 0 Å². The van der Waals surface area contributed by atoms with Crippen molar-refractivity contribution in [3.05, 3.63) is 59.2 Å². The smallest absolute Gasteiger partial charge is 0.238 e. The van der Waals surface area contributed by atoms with Crippen molar-refractivity contribution in [2.45, 2.75) is 46.1 Å². The van der Waals surface area contributed by atoms with Crippen molar-refractivity contribution in [2.75, 3.05) is 29.9 Å². The topological polar surface area (TPSA) is 52.7 Å². The summed E-state index contributed by atoms with van der Waals surface area (Å²) >= 11 is 0. The Bertz CT molecular complexity index is 947. The number of amides is 2. The Morgan fingerprint density at radius 1 is 1.07 bits per heavy atom. The van der Waals surface area contributed by atoms with Gasteiger partial charge in [0.2, 0.25) is 11.8 Å². The molecule has 1 atom stereocenters. The Morgan fingerprint density at radius 2 is 1.80 bits per heavy atom. The lowest BCUT2D eigenvalue weighted by atomic mass is 9.94. The van der Waals surface area contributed by atoms with Gasteiger partial charge >= 0.3 is 0 Å². The minimum Gasteiger partial charge on any atom is -0.325 e. The number of aryl methyl sites for hydroxylation is 2. The van der Waals surface area contributed by atoms with Crippen molar-refractivity contribution in [1.82, 2.24) is 4.90 Å². The molecule has 4 rings (SSSR count). The summed E-state index contributed by atoms with van der Waals surface area (Å²) in [6, 6.07) is 14.5.